The zero-order chi connectivity index (χ0) is 17.7. The number of nitrogens with one attached hydrogen (secondary N) is 3. The van der Waals surface area contributed by atoms with Gasteiger partial charge < -0.3 is 10.1 Å². The number of hydrogen-bond donors (Lipinski definition) is 3. The molecule has 1 aromatic carbocycles. The molecule has 0 aliphatic rings. The maximum absolute atomic E-state index is 12.2. The maximum atomic E-state index is 12.2. The molecule has 0 unspecified atom stereocenters. The molecule has 9 heteroatoms. The first-order valence-corrected chi connectivity index (χ1v) is 6.66. The number of carbonyl (C=O) groups is 2. The molecule has 0 fully saturated rings. The van der Waals surface area contributed by atoms with Crippen molar-refractivity contribution in [3.8, 4) is 0 Å². The number of anilines is 1. The highest BCUT2D eigenvalue weighted by molar-refractivity contribution is 5.94. The van der Waals surface area contributed by atoms with Crippen LogP contribution in [0.15, 0.2) is 24.3 Å². The van der Waals surface area contributed by atoms with Gasteiger partial charge in [-0.25, -0.2) is 10.2 Å². The first-order chi connectivity index (χ1) is 10.5. The second-order valence-corrected chi connectivity index (χ2v) is 5.63. The fraction of sp³-hybridized carbons (Fsp3) is 0.429. The molecule has 0 bridgehead atoms. The van der Waals surface area contributed by atoms with Crippen LogP contribution in [0.2, 0.25) is 0 Å². The summed E-state index contributed by atoms with van der Waals surface area (Å²) in [6.45, 7) is 5.26. The van der Waals surface area contributed by atoms with Gasteiger partial charge in [-0.05, 0) is 38.5 Å². The molecule has 23 heavy (non-hydrogen) atoms. The molecule has 0 aromatic heterocycles. The van der Waals surface area contributed by atoms with Gasteiger partial charge in [0.25, 0.3) is 0 Å². The smallest absolute Gasteiger partial charge is 0.443 e. The number of carbonyl (C=O) groups excluding carboxylic acids is 2. The Balaban J connectivity index is 2.52. The van der Waals surface area contributed by atoms with Crippen molar-refractivity contribution in [3.63, 3.8) is 0 Å². The van der Waals surface area contributed by atoms with Crippen LogP contribution in [0.4, 0.5) is 23.7 Å². The second-order valence-electron chi connectivity index (χ2n) is 5.63. The molecule has 0 aliphatic heterocycles. The maximum Gasteiger partial charge on any atom is 0.471 e. The third-order valence-corrected chi connectivity index (χ3v) is 2.32. The Hall–Kier alpha value is -2.29. The average Bonchev–Trinajstić information content (AvgIpc) is 2.35. The van der Waals surface area contributed by atoms with Crippen LogP contribution < -0.4 is 16.2 Å². The van der Waals surface area contributed by atoms with Gasteiger partial charge in [0, 0.05) is 12.2 Å². The van der Waals surface area contributed by atoms with Crippen molar-refractivity contribution in [1.29, 1.82) is 0 Å². The zero-order valence-electron chi connectivity index (χ0n) is 12.9. The molecule has 0 radical (unpaired) electrons. The summed E-state index contributed by atoms with van der Waals surface area (Å²) < 4.78 is 41.5. The van der Waals surface area contributed by atoms with Crippen LogP contribution in [0.1, 0.15) is 26.3 Å². The van der Waals surface area contributed by atoms with E-state index in [1.807, 2.05) is 0 Å². The van der Waals surface area contributed by atoms with Crippen LogP contribution in [0.5, 0.6) is 0 Å². The highest BCUT2D eigenvalue weighted by Crippen LogP contribution is 2.18. The summed E-state index contributed by atoms with van der Waals surface area (Å²) in [7, 11) is 0. The predicted octanol–water partition coefficient (Wildman–Crippen LogP) is 2.72. The van der Waals surface area contributed by atoms with Crippen molar-refractivity contribution < 1.29 is 27.5 Å². The Morgan fingerprint density at radius 1 is 1.17 bits per heavy atom. The van der Waals surface area contributed by atoms with Crippen LogP contribution in [0.3, 0.4) is 0 Å². The van der Waals surface area contributed by atoms with Crippen molar-refractivity contribution in [1.82, 2.24) is 10.9 Å². The Labute approximate surface area is 131 Å². The number of benzene rings is 1. The van der Waals surface area contributed by atoms with E-state index in [0.717, 1.165) is 0 Å². The van der Waals surface area contributed by atoms with E-state index in [2.05, 4.69) is 10.9 Å². The van der Waals surface area contributed by atoms with E-state index < -0.39 is 23.8 Å². The molecule has 1 rings (SSSR count). The van der Waals surface area contributed by atoms with E-state index in [0.29, 0.717) is 5.56 Å². The Morgan fingerprint density at radius 2 is 1.83 bits per heavy atom. The highest BCUT2D eigenvalue weighted by atomic mass is 19.4. The van der Waals surface area contributed by atoms with Gasteiger partial charge in [0.05, 0.1) is 0 Å². The van der Waals surface area contributed by atoms with Crippen molar-refractivity contribution >= 4 is 17.7 Å². The van der Waals surface area contributed by atoms with E-state index in [4.69, 9.17) is 4.74 Å². The topological polar surface area (TPSA) is 79.5 Å². The zero-order valence-corrected chi connectivity index (χ0v) is 12.9. The van der Waals surface area contributed by atoms with Crippen LogP contribution in [-0.4, -0.2) is 23.8 Å². The van der Waals surface area contributed by atoms with Gasteiger partial charge in [-0.2, -0.15) is 13.2 Å². The number of hydrogen-bond acceptors (Lipinski definition) is 4. The van der Waals surface area contributed by atoms with Gasteiger partial charge in [-0.15, -0.1) is 0 Å². The third kappa shape index (κ3) is 7.50. The largest absolute Gasteiger partial charge is 0.471 e. The number of rotatable bonds is 4. The minimum absolute atomic E-state index is 0.00360. The van der Waals surface area contributed by atoms with Crippen LogP contribution in [0, 0.1) is 0 Å². The van der Waals surface area contributed by atoms with Crippen molar-refractivity contribution in [2.75, 3.05) is 5.32 Å². The van der Waals surface area contributed by atoms with Crippen LogP contribution in [-0.2, 0) is 16.1 Å². The molecule has 3 N–H and O–H groups in total. The van der Waals surface area contributed by atoms with E-state index in [-0.39, 0.29) is 12.2 Å². The molecule has 0 saturated carbocycles. The Bertz CT molecular complexity index is 568. The molecule has 128 valence electrons. The standard InChI is InChI=1S/C14H18F3N3O3/c1-13(2,3)23-12(22)20-18-8-9-5-4-6-10(7-9)19-11(21)14(15,16)17/h4-7,18H,8H2,1-3H3,(H,19,21)(H,20,22). The molecule has 0 atom stereocenters. The molecule has 2 amide bonds. The third-order valence-electron chi connectivity index (χ3n) is 2.32. The van der Waals surface area contributed by atoms with Crippen molar-refractivity contribution in [2.45, 2.75) is 39.1 Å². The lowest BCUT2D eigenvalue weighted by Crippen LogP contribution is -2.40. The molecule has 0 heterocycles. The van der Waals surface area contributed by atoms with Crippen molar-refractivity contribution in [3.05, 3.63) is 29.8 Å². The first-order valence-electron chi connectivity index (χ1n) is 6.66. The number of halogens is 3. The minimum atomic E-state index is -4.95. The van der Waals surface area contributed by atoms with Gasteiger partial charge in [-0.1, -0.05) is 12.1 Å². The summed E-state index contributed by atoms with van der Waals surface area (Å²) in [6, 6.07) is 5.78. The van der Waals surface area contributed by atoms with Gasteiger partial charge in [0.15, 0.2) is 0 Å². The summed E-state index contributed by atoms with van der Waals surface area (Å²) in [4.78, 5) is 22.3. The van der Waals surface area contributed by atoms with E-state index in [9.17, 15) is 22.8 Å². The highest BCUT2D eigenvalue weighted by Gasteiger charge is 2.38. The minimum Gasteiger partial charge on any atom is -0.443 e. The molecule has 1 aromatic rings. The average molecular weight is 333 g/mol. The first kappa shape index (κ1) is 18.8. The predicted molar refractivity (Wildman–Crippen MR) is 77.3 cm³/mol. The second kappa shape index (κ2) is 7.32. The van der Waals surface area contributed by atoms with Gasteiger partial charge >= 0.3 is 18.2 Å². The fourth-order valence-corrected chi connectivity index (χ4v) is 1.48. The fourth-order valence-electron chi connectivity index (χ4n) is 1.48. The summed E-state index contributed by atoms with van der Waals surface area (Å²) in [5, 5.41) is 1.75. The summed E-state index contributed by atoms with van der Waals surface area (Å²) in [5.74, 6) is -2.05. The van der Waals surface area contributed by atoms with Gasteiger partial charge in [0.2, 0.25) is 0 Å². The molecule has 6 nitrogen and oxygen atoms in total. The summed E-state index contributed by atoms with van der Waals surface area (Å²) in [6.07, 6.45) is -5.63. The molecular weight excluding hydrogens is 315 g/mol. The lowest BCUT2D eigenvalue weighted by atomic mass is 10.2. The van der Waals surface area contributed by atoms with E-state index in [1.54, 1.807) is 32.2 Å². The number of alkyl halides is 3. The van der Waals surface area contributed by atoms with E-state index in [1.165, 1.54) is 18.2 Å². The number of amides is 2. The monoisotopic (exact) mass is 333 g/mol. The molecule has 0 aliphatic carbocycles. The van der Waals surface area contributed by atoms with Crippen LogP contribution in [0.25, 0.3) is 0 Å². The number of hydrazine groups is 1. The molecule has 0 spiro atoms. The Kier molecular flexibility index (Phi) is 5.97. The lowest BCUT2D eigenvalue weighted by Gasteiger charge is -2.19. The Morgan fingerprint density at radius 3 is 2.39 bits per heavy atom. The molecular formula is C14H18F3N3O3. The van der Waals surface area contributed by atoms with Gasteiger partial charge in [0.1, 0.15) is 5.60 Å². The lowest BCUT2D eigenvalue weighted by molar-refractivity contribution is -0.167. The SMILES string of the molecule is CC(C)(C)OC(=O)NNCc1cccc(NC(=O)C(F)(F)F)c1. The summed E-state index contributed by atoms with van der Waals surface area (Å²) in [5.41, 5.74) is 4.78. The molecule has 0 saturated heterocycles. The van der Waals surface area contributed by atoms with E-state index >= 15 is 0 Å². The van der Waals surface area contributed by atoms with Crippen molar-refractivity contribution in [2.24, 2.45) is 0 Å². The van der Waals surface area contributed by atoms with Gasteiger partial charge in [-0.3, -0.25) is 10.2 Å². The number of ether oxygens (including phenoxy) is 1. The summed E-state index contributed by atoms with van der Waals surface area (Å²) >= 11 is 0. The normalized spacial score (nSPS) is 11.7. The van der Waals surface area contributed by atoms with Crippen LogP contribution >= 0.6 is 0 Å². The quantitative estimate of drug-likeness (QED) is 0.740.